The first kappa shape index (κ1) is 10.8. The molecule has 18 heavy (non-hydrogen) atoms. The monoisotopic (exact) mass is 239 g/mol. The van der Waals surface area contributed by atoms with Crippen LogP contribution in [0.1, 0.15) is 5.56 Å². The molecule has 90 valence electrons. The summed E-state index contributed by atoms with van der Waals surface area (Å²) in [4.78, 5) is 12.0. The van der Waals surface area contributed by atoms with Crippen LogP contribution in [-0.2, 0) is 0 Å². The van der Waals surface area contributed by atoms with E-state index in [-0.39, 0.29) is 5.63 Å². The van der Waals surface area contributed by atoms with Gasteiger partial charge in [-0.15, -0.1) is 0 Å². The third kappa shape index (κ3) is 1.56. The van der Waals surface area contributed by atoms with Crippen molar-refractivity contribution in [2.24, 2.45) is 0 Å². The summed E-state index contributed by atoms with van der Waals surface area (Å²) in [6.45, 7) is 1.97. The fourth-order valence-corrected chi connectivity index (χ4v) is 2.20. The number of fused-ring (bicyclic) bond motifs is 3. The van der Waals surface area contributed by atoms with Gasteiger partial charge in [0.2, 0.25) is 0 Å². The molecular formula is C15H13NO2. The summed E-state index contributed by atoms with van der Waals surface area (Å²) in [5.41, 5.74) is 2.32. The minimum absolute atomic E-state index is 0.283. The van der Waals surface area contributed by atoms with Crippen molar-refractivity contribution in [3.8, 4) is 0 Å². The van der Waals surface area contributed by atoms with Crippen molar-refractivity contribution in [3.63, 3.8) is 0 Å². The van der Waals surface area contributed by atoms with E-state index in [9.17, 15) is 4.79 Å². The van der Waals surface area contributed by atoms with Gasteiger partial charge in [0.25, 0.3) is 0 Å². The average molecular weight is 239 g/mol. The zero-order chi connectivity index (χ0) is 12.7. The van der Waals surface area contributed by atoms with Crippen molar-refractivity contribution < 1.29 is 4.42 Å². The maximum Gasteiger partial charge on any atom is 0.344 e. The molecule has 0 radical (unpaired) electrons. The lowest BCUT2D eigenvalue weighted by molar-refractivity contribution is 0.570. The molecule has 0 bridgehead atoms. The van der Waals surface area contributed by atoms with Gasteiger partial charge < -0.3 is 9.73 Å². The molecule has 3 aromatic rings. The summed E-state index contributed by atoms with van der Waals surface area (Å²) in [7, 11) is 1.84. The van der Waals surface area contributed by atoms with Crippen molar-refractivity contribution in [1.82, 2.24) is 0 Å². The third-order valence-electron chi connectivity index (χ3n) is 3.16. The number of aryl methyl sites for hydroxylation is 1. The van der Waals surface area contributed by atoms with Gasteiger partial charge in [0.15, 0.2) is 0 Å². The van der Waals surface area contributed by atoms with Crippen molar-refractivity contribution in [2.75, 3.05) is 12.4 Å². The molecule has 3 rings (SSSR count). The Bertz CT molecular complexity index is 803. The van der Waals surface area contributed by atoms with Crippen LogP contribution in [0.25, 0.3) is 21.7 Å². The van der Waals surface area contributed by atoms with E-state index in [1.807, 2.05) is 50.4 Å². The van der Waals surface area contributed by atoms with Gasteiger partial charge in [-0.05, 0) is 30.5 Å². The highest BCUT2D eigenvalue weighted by Crippen LogP contribution is 2.25. The average Bonchev–Trinajstić information content (AvgIpc) is 2.38. The van der Waals surface area contributed by atoms with E-state index in [0.717, 1.165) is 22.0 Å². The highest BCUT2D eigenvalue weighted by molar-refractivity contribution is 6.05. The van der Waals surface area contributed by atoms with E-state index in [0.29, 0.717) is 11.0 Å². The lowest BCUT2D eigenvalue weighted by Crippen LogP contribution is -2.00. The second-order valence-electron chi connectivity index (χ2n) is 4.40. The molecule has 2 aromatic carbocycles. The standard InChI is InChI=1S/C15H13NO2/c1-9-3-5-11-12-6-4-10(16-2)8-14(12)18-15(17)13(11)7-9/h3-8,16H,1-2H3. The quantitative estimate of drug-likeness (QED) is 0.523. The zero-order valence-electron chi connectivity index (χ0n) is 10.3. The molecule has 0 spiro atoms. The molecule has 0 fully saturated rings. The Kier molecular flexibility index (Phi) is 2.33. The van der Waals surface area contributed by atoms with Crippen LogP contribution in [0.3, 0.4) is 0 Å². The topological polar surface area (TPSA) is 42.2 Å². The SMILES string of the molecule is CNc1ccc2c(c1)oc(=O)c1cc(C)ccc12. The first-order chi connectivity index (χ1) is 8.69. The molecule has 1 N–H and O–H groups in total. The van der Waals surface area contributed by atoms with Crippen LogP contribution in [0.4, 0.5) is 5.69 Å². The molecule has 3 nitrogen and oxygen atoms in total. The highest BCUT2D eigenvalue weighted by atomic mass is 16.4. The molecule has 0 atom stereocenters. The maximum atomic E-state index is 12.0. The predicted molar refractivity (Wildman–Crippen MR) is 74.3 cm³/mol. The Hall–Kier alpha value is -2.29. The molecule has 0 aliphatic rings. The van der Waals surface area contributed by atoms with E-state index in [2.05, 4.69) is 5.32 Å². The minimum atomic E-state index is -0.283. The summed E-state index contributed by atoms with van der Waals surface area (Å²) in [5, 5.41) is 5.57. The summed E-state index contributed by atoms with van der Waals surface area (Å²) in [6, 6.07) is 11.6. The second kappa shape index (κ2) is 3.88. The smallest absolute Gasteiger partial charge is 0.344 e. The van der Waals surface area contributed by atoms with E-state index in [1.165, 1.54) is 0 Å². The lowest BCUT2D eigenvalue weighted by Gasteiger charge is -2.05. The predicted octanol–water partition coefficient (Wildman–Crippen LogP) is 3.30. The van der Waals surface area contributed by atoms with E-state index in [4.69, 9.17) is 4.42 Å². The molecular weight excluding hydrogens is 226 g/mol. The normalized spacial score (nSPS) is 11.0. The Morgan fingerprint density at radius 1 is 1.00 bits per heavy atom. The van der Waals surface area contributed by atoms with Crippen LogP contribution in [0.15, 0.2) is 45.6 Å². The number of hydrogen-bond donors (Lipinski definition) is 1. The summed E-state index contributed by atoms with van der Waals surface area (Å²) >= 11 is 0. The highest BCUT2D eigenvalue weighted by Gasteiger charge is 2.07. The molecule has 0 aliphatic heterocycles. The van der Waals surface area contributed by atoms with Gasteiger partial charge >= 0.3 is 5.63 Å². The second-order valence-corrected chi connectivity index (χ2v) is 4.40. The van der Waals surface area contributed by atoms with Gasteiger partial charge in [-0.3, -0.25) is 0 Å². The van der Waals surface area contributed by atoms with E-state index >= 15 is 0 Å². The molecule has 0 saturated heterocycles. The Morgan fingerprint density at radius 2 is 1.78 bits per heavy atom. The molecule has 0 unspecified atom stereocenters. The number of anilines is 1. The summed E-state index contributed by atoms with van der Waals surface area (Å²) in [6.07, 6.45) is 0. The molecule has 0 aliphatic carbocycles. The number of hydrogen-bond acceptors (Lipinski definition) is 3. The maximum absolute atomic E-state index is 12.0. The molecule has 0 saturated carbocycles. The van der Waals surface area contributed by atoms with Crippen molar-refractivity contribution in [3.05, 3.63) is 52.4 Å². The first-order valence-corrected chi connectivity index (χ1v) is 5.84. The van der Waals surface area contributed by atoms with Gasteiger partial charge in [0.05, 0.1) is 5.39 Å². The van der Waals surface area contributed by atoms with Gasteiger partial charge in [0.1, 0.15) is 5.58 Å². The molecule has 0 amide bonds. The van der Waals surface area contributed by atoms with Crippen LogP contribution < -0.4 is 10.9 Å². The lowest BCUT2D eigenvalue weighted by atomic mass is 10.1. The first-order valence-electron chi connectivity index (χ1n) is 5.84. The number of rotatable bonds is 1. The Labute approximate surface area is 104 Å². The van der Waals surface area contributed by atoms with E-state index in [1.54, 1.807) is 0 Å². The molecule has 1 heterocycles. The van der Waals surface area contributed by atoms with Crippen molar-refractivity contribution in [1.29, 1.82) is 0 Å². The van der Waals surface area contributed by atoms with Crippen LogP contribution in [0.5, 0.6) is 0 Å². The number of nitrogens with one attached hydrogen (secondary N) is 1. The van der Waals surface area contributed by atoms with Crippen LogP contribution in [-0.4, -0.2) is 7.05 Å². The zero-order valence-corrected chi connectivity index (χ0v) is 10.3. The Balaban J connectivity index is 2.50. The van der Waals surface area contributed by atoms with Crippen LogP contribution in [0, 0.1) is 6.92 Å². The third-order valence-corrected chi connectivity index (χ3v) is 3.16. The van der Waals surface area contributed by atoms with E-state index < -0.39 is 0 Å². The van der Waals surface area contributed by atoms with Gasteiger partial charge in [0, 0.05) is 24.2 Å². The summed E-state index contributed by atoms with van der Waals surface area (Å²) < 4.78 is 5.38. The van der Waals surface area contributed by atoms with Gasteiger partial charge in [-0.2, -0.15) is 0 Å². The van der Waals surface area contributed by atoms with Crippen LogP contribution >= 0.6 is 0 Å². The largest absolute Gasteiger partial charge is 0.422 e. The number of benzene rings is 2. The molecule has 3 heteroatoms. The Morgan fingerprint density at radius 3 is 2.56 bits per heavy atom. The summed E-state index contributed by atoms with van der Waals surface area (Å²) in [5.74, 6) is 0. The van der Waals surface area contributed by atoms with Crippen LogP contribution in [0.2, 0.25) is 0 Å². The minimum Gasteiger partial charge on any atom is -0.422 e. The van der Waals surface area contributed by atoms with Crippen molar-refractivity contribution >= 4 is 27.4 Å². The van der Waals surface area contributed by atoms with Crippen molar-refractivity contribution in [2.45, 2.75) is 6.92 Å². The van der Waals surface area contributed by atoms with Gasteiger partial charge in [-0.1, -0.05) is 17.7 Å². The van der Waals surface area contributed by atoms with Gasteiger partial charge in [-0.25, -0.2) is 4.79 Å². The fraction of sp³-hybridized carbons (Fsp3) is 0.133. The fourth-order valence-electron chi connectivity index (χ4n) is 2.20. The molecule has 1 aromatic heterocycles.